The average Bonchev–Trinajstić information content (AvgIpc) is 3.23. The van der Waals surface area contributed by atoms with Gasteiger partial charge in [-0.25, -0.2) is 0 Å². The molecule has 20 heavy (non-hydrogen) atoms. The van der Waals surface area contributed by atoms with Crippen LogP contribution in [0.5, 0.6) is 11.5 Å². The summed E-state index contributed by atoms with van der Waals surface area (Å²) < 4.78 is 5.68. The van der Waals surface area contributed by atoms with Gasteiger partial charge in [0.15, 0.2) is 0 Å². The summed E-state index contributed by atoms with van der Waals surface area (Å²) in [6.45, 7) is 0.837. The van der Waals surface area contributed by atoms with Crippen LogP contribution in [0.3, 0.4) is 0 Å². The average molecular weight is 309 g/mol. The SMILES string of the molecule is Clc1cncc(Oc2ccc(CNC3CC3)cc2Cl)c1. The summed E-state index contributed by atoms with van der Waals surface area (Å²) >= 11 is 12.1. The first-order valence-corrected chi connectivity index (χ1v) is 7.26. The van der Waals surface area contributed by atoms with Gasteiger partial charge in [-0.3, -0.25) is 4.98 Å². The maximum absolute atomic E-state index is 6.24. The minimum Gasteiger partial charge on any atom is -0.454 e. The van der Waals surface area contributed by atoms with Crippen LogP contribution < -0.4 is 10.1 Å². The number of pyridine rings is 1. The van der Waals surface area contributed by atoms with Crippen LogP contribution in [0.25, 0.3) is 0 Å². The van der Waals surface area contributed by atoms with E-state index in [-0.39, 0.29) is 0 Å². The molecular formula is C15H14Cl2N2O. The second kappa shape index (κ2) is 6.00. The number of nitrogens with one attached hydrogen (secondary N) is 1. The molecule has 2 aromatic rings. The molecule has 1 N–H and O–H groups in total. The number of aromatic nitrogens is 1. The fourth-order valence-electron chi connectivity index (χ4n) is 1.86. The Morgan fingerprint density at radius 2 is 2.05 bits per heavy atom. The zero-order valence-electron chi connectivity index (χ0n) is 10.8. The third-order valence-corrected chi connectivity index (χ3v) is 3.58. The van der Waals surface area contributed by atoms with Gasteiger partial charge in [-0.1, -0.05) is 29.3 Å². The molecule has 0 spiro atoms. The van der Waals surface area contributed by atoms with Crippen LogP contribution in [0, 0.1) is 0 Å². The highest BCUT2D eigenvalue weighted by Gasteiger charge is 2.20. The second-order valence-electron chi connectivity index (χ2n) is 4.86. The lowest BCUT2D eigenvalue weighted by atomic mass is 10.2. The van der Waals surface area contributed by atoms with E-state index >= 15 is 0 Å². The zero-order valence-corrected chi connectivity index (χ0v) is 12.3. The van der Waals surface area contributed by atoms with Gasteiger partial charge in [-0.15, -0.1) is 0 Å². The van der Waals surface area contributed by atoms with Crippen LogP contribution in [0.15, 0.2) is 36.7 Å². The third kappa shape index (κ3) is 3.63. The highest BCUT2D eigenvalue weighted by molar-refractivity contribution is 6.32. The maximum Gasteiger partial charge on any atom is 0.147 e. The van der Waals surface area contributed by atoms with Gasteiger partial charge in [0.05, 0.1) is 16.2 Å². The second-order valence-corrected chi connectivity index (χ2v) is 5.70. The van der Waals surface area contributed by atoms with Crippen LogP contribution in [0.1, 0.15) is 18.4 Å². The molecule has 5 heteroatoms. The molecule has 3 rings (SSSR count). The first-order valence-electron chi connectivity index (χ1n) is 6.51. The number of rotatable bonds is 5. The molecule has 104 valence electrons. The Kier molecular flexibility index (Phi) is 4.10. The van der Waals surface area contributed by atoms with Gasteiger partial charge in [0.2, 0.25) is 0 Å². The van der Waals surface area contributed by atoms with Crippen molar-refractivity contribution in [1.29, 1.82) is 0 Å². The Morgan fingerprint density at radius 3 is 2.75 bits per heavy atom. The van der Waals surface area contributed by atoms with Crippen LogP contribution >= 0.6 is 23.2 Å². The summed E-state index contributed by atoms with van der Waals surface area (Å²) in [7, 11) is 0. The normalized spacial score (nSPS) is 14.3. The summed E-state index contributed by atoms with van der Waals surface area (Å²) in [6, 6.07) is 8.18. The quantitative estimate of drug-likeness (QED) is 0.887. The van der Waals surface area contributed by atoms with Crippen LogP contribution in [0.4, 0.5) is 0 Å². The number of benzene rings is 1. The van der Waals surface area contributed by atoms with Gasteiger partial charge in [0.25, 0.3) is 0 Å². The summed E-state index contributed by atoms with van der Waals surface area (Å²) in [5.74, 6) is 1.18. The van der Waals surface area contributed by atoms with Gasteiger partial charge in [0, 0.05) is 24.8 Å². The van der Waals surface area contributed by atoms with Crippen molar-refractivity contribution in [2.45, 2.75) is 25.4 Å². The molecule has 1 heterocycles. The molecule has 1 aromatic carbocycles. The number of nitrogens with zero attached hydrogens (tertiary/aromatic N) is 1. The predicted molar refractivity (Wildman–Crippen MR) is 80.6 cm³/mol. The van der Waals surface area contributed by atoms with E-state index in [1.54, 1.807) is 18.5 Å². The van der Waals surface area contributed by atoms with E-state index in [0.717, 1.165) is 12.1 Å². The van der Waals surface area contributed by atoms with Gasteiger partial charge in [0.1, 0.15) is 11.5 Å². The summed E-state index contributed by atoms with van der Waals surface area (Å²) in [6.07, 6.45) is 5.71. The standard InChI is InChI=1S/C15H14Cl2N2O/c16-11-6-13(9-18-8-11)20-15-4-1-10(5-14(15)17)7-19-12-2-3-12/h1,4-6,8-9,12,19H,2-3,7H2. The molecular weight excluding hydrogens is 295 g/mol. The molecule has 0 aliphatic heterocycles. The van der Waals surface area contributed by atoms with E-state index in [4.69, 9.17) is 27.9 Å². The Bertz CT molecular complexity index is 615. The van der Waals surface area contributed by atoms with E-state index in [0.29, 0.717) is 27.6 Å². The number of hydrogen-bond acceptors (Lipinski definition) is 3. The predicted octanol–water partition coefficient (Wildman–Crippen LogP) is 4.43. The number of halogens is 2. The largest absolute Gasteiger partial charge is 0.454 e. The molecule has 0 atom stereocenters. The van der Waals surface area contributed by atoms with E-state index in [1.165, 1.54) is 12.8 Å². The highest BCUT2D eigenvalue weighted by atomic mass is 35.5. The molecule has 0 unspecified atom stereocenters. The van der Waals surface area contributed by atoms with Crippen molar-refractivity contribution in [3.05, 3.63) is 52.3 Å². The lowest BCUT2D eigenvalue weighted by Gasteiger charge is -2.09. The minimum absolute atomic E-state index is 0.531. The molecule has 1 aromatic heterocycles. The molecule has 3 nitrogen and oxygen atoms in total. The van der Waals surface area contributed by atoms with Crippen molar-refractivity contribution < 1.29 is 4.74 Å². The van der Waals surface area contributed by atoms with Crippen molar-refractivity contribution >= 4 is 23.2 Å². The van der Waals surface area contributed by atoms with Crippen LogP contribution in [-0.4, -0.2) is 11.0 Å². The van der Waals surface area contributed by atoms with Crippen molar-refractivity contribution in [1.82, 2.24) is 10.3 Å². The summed E-state index contributed by atoms with van der Waals surface area (Å²) in [5, 5.41) is 4.56. The van der Waals surface area contributed by atoms with Crippen molar-refractivity contribution in [2.75, 3.05) is 0 Å². The van der Waals surface area contributed by atoms with Gasteiger partial charge >= 0.3 is 0 Å². The highest BCUT2D eigenvalue weighted by Crippen LogP contribution is 2.31. The van der Waals surface area contributed by atoms with Crippen molar-refractivity contribution in [3.8, 4) is 11.5 Å². The lowest BCUT2D eigenvalue weighted by molar-refractivity contribution is 0.480. The zero-order chi connectivity index (χ0) is 13.9. The Morgan fingerprint density at radius 1 is 1.20 bits per heavy atom. The Labute approximate surface area is 127 Å². The molecule has 1 saturated carbocycles. The molecule has 0 amide bonds. The minimum atomic E-state index is 0.531. The van der Waals surface area contributed by atoms with E-state index in [2.05, 4.69) is 10.3 Å². The van der Waals surface area contributed by atoms with Gasteiger partial charge in [-0.2, -0.15) is 0 Å². The van der Waals surface area contributed by atoms with Crippen LogP contribution in [-0.2, 0) is 6.54 Å². The van der Waals surface area contributed by atoms with Gasteiger partial charge < -0.3 is 10.1 Å². The Hall–Kier alpha value is -1.29. The molecule has 1 aliphatic rings. The number of ether oxygens (including phenoxy) is 1. The first kappa shape index (κ1) is 13.7. The monoisotopic (exact) mass is 308 g/mol. The molecule has 1 aliphatic carbocycles. The summed E-state index contributed by atoms with van der Waals surface area (Å²) in [5.41, 5.74) is 1.15. The number of hydrogen-bond donors (Lipinski definition) is 1. The van der Waals surface area contributed by atoms with Crippen LogP contribution in [0.2, 0.25) is 10.0 Å². The molecule has 0 saturated heterocycles. The first-order chi connectivity index (χ1) is 9.70. The molecule has 0 radical (unpaired) electrons. The molecule has 1 fully saturated rings. The Balaban J connectivity index is 1.69. The van der Waals surface area contributed by atoms with Gasteiger partial charge in [-0.05, 0) is 30.5 Å². The fourth-order valence-corrected chi connectivity index (χ4v) is 2.27. The van der Waals surface area contributed by atoms with E-state index in [9.17, 15) is 0 Å². The molecule has 0 bridgehead atoms. The summed E-state index contributed by atoms with van der Waals surface area (Å²) in [4.78, 5) is 3.97. The fraction of sp³-hybridized carbons (Fsp3) is 0.267. The third-order valence-electron chi connectivity index (χ3n) is 3.08. The maximum atomic E-state index is 6.24. The lowest BCUT2D eigenvalue weighted by Crippen LogP contribution is -2.15. The van der Waals surface area contributed by atoms with Crippen molar-refractivity contribution in [3.63, 3.8) is 0 Å². The smallest absolute Gasteiger partial charge is 0.147 e. The van der Waals surface area contributed by atoms with Crippen molar-refractivity contribution in [2.24, 2.45) is 0 Å². The van der Waals surface area contributed by atoms with E-state index in [1.807, 2.05) is 18.2 Å². The van der Waals surface area contributed by atoms with E-state index < -0.39 is 0 Å². The topological polar surface area (TPSA) is 34.1 Å².